The highest BCUT2D eigenvalue weighted by Gasteiger charge is 2.32. The van der Waals surface area contributed by atoms with Crippen molar-refractivity contribution in [3.05, 3.63) is 71.8 Å². The van der Waals surface area contributed by atoms with E-state index in [4.69, 9.17) is 0 Å². The number of carbonyl (C=O) groups is 2. The zero-order valence-electron chi connectivity index (χ0n) is 15.9. The number of carbonyl (C=O) groups excluding carboxylic acids is 2. The lowest BCUT2D eigenvalue weighted by Crippen LogP contribution is -2.46. The van der Waals surface area contributed by atoms with Crippen LogP contribution in [0.5, 0.6) is 0 Å². The number of anilines is 2. The van der Waals surface area contributed by atoms with E-state index in [9.17, 15) is 31.2 Å². The number of benzene rings is 2. The van der Waals surface area contributed by atoms with Crippen LogP contribution in [-0.2, 0) is 27.9 Å². The van der Waals surface area contributed by atoms with E-state index in [2.05, 4.69) is 16.3 Å². The Balaban J connectivity index is 0.00000363. The molecule has 170 valence electrons. The van der Waals surface area contributed by atoms with Crippen LogP contribution in [0.25, 0.3) is 0 Å². The summed E-state index contributed by atoms with van der Waals surface area (Å²) >= 11 is 0. The Morgan fingerprint density at radius 2 is 1.81 bits per heavy atom. The lowest BCUT2D eigenvalue weighted by molar-refractivity contribution is -0.137. The Labute approximate surface area is 184 Å². The smallest absolute Gasteiger partial charge is 0.348 e. The summed E-state index contributed by atoms with van der Waals surface area (Å²) in [6, 6.07) is 8.51. The monoisotopic (exact) mass is 467 g/mol. The molecular weight excluding hydrogens is 447 g/mol. The van der Waals surface area contributed by atoms with Crippen molar-refractivity contribution in [2.24, 2.45) is 4.36 Å². The maximum absolute atomic E-state index is 12.9. The van der Waals surface area contributed by atoms with Gasteiger partial charge in [0.1, 0.15) is 0 Å². The molecule has 0 spiro atoms. The standard InChI is InChI=1S/C20H16F3N3O4S.CH4/c1-2-18(27)24-13-10-16-15(19(28)25-31(29)30)4-3-5-17(16)26(11-13)14-8-6-12(7-9-14)20(21,22)23;/h2-9,13H,1,10-11H2,(H,24,27);1H4. The second-order valence-electron chi connectivity index (χ2n) is 6.69. The van der Waals surface area contributed by atoms with Crippen LogP contribution >= 0.6 is 0 Å². The molecule has 11 heteroatoms. The topological polar surface area (TPSA) is 95.9 Å². The van der Waals surface area contributed by atoms with E-state index in [1.807, 2.05) is 0 Å². The lowest BCUT2D eigenvalue weighted by Gasteiger charge is -2.37. The highest BCUT2D eigenvalue weighted by atomic mass is 32.2. The van der Waals surface area contributed by atoms with Crippen LogP contribution in [-0.4, -0.2) is 32.8 Å². The Morgan fingerprint density at radius 1 is 1.16 bits per heavy atom. The van der Waals surface area contributed by atoms with E-state index in [0.29, 0.717) is 16.9 Å². The third-order valence-corrected chi connectivity index (χ3v) is 5.04. The number of hydrogen-bond donors (Lipinski definition) is 1. The van der Waals surface area contributed by atoms with E-state index in [1.54, 1.807) is 11.0 Å². The zero-order valence-corrected chi connectivity index (χ0v) is 16.7. The fraction of sp³-hybridized carbons (Fsp3) is 0.238. The van der Waals surface area contributed by atoms with E-state index in [-0.39, 0.29) is 26.0 Å². The summed E-state index contributed by atoms with van der Waals surface area (Å²) in [4.78, 5) is 25.8. The maximum Gasteiger partial charge on any atom is 0.416 e. The molecule has 2 aromatic carbocycles. The Kier molecular flexibility index (Phi) is 7.57. The first-order chi connectivity index (χ1) is 14.6. The van der Waals surface area contributed by atoms with Crippen LogP contribution in [0.1, 0.15) is 28.9 Å². The van der Waals surface area contributed by atoms with Gasteiger partial charge in [0.05, 0.1) is 11.6 Å². The molecule has 1 N–H and O–H groups in total. The molecule has 3 rings (SSSR count). The van der Waals surface area contributed by atoms with Gasteiger partial charge in [-0.15, -0.1) is 0 Å². The van der Waals surface area contributed by atoms with Gasteiger partial charge in [0, 0.05) is 23.5 Å². The molecule has 7 nitrogen and oxygen atoms in total. The van der Waals surface area contributed by atoms with Gasteiger partial charge in [-0.25, -0.2) is 0 Å². The Hall–Kier alpha value is -3.47. The van der Waals surface area contributed by atoms with Crippen LogP contribution in [0.4, 0.5) is 24.5 Å². The molecule has 0 saturated carbocycles. The minimum atomic E-state index is -4.49. The summed E-state index contributed by atoms with van der Waals surface area (Å²) in [6.07, 6.45) is -3.23. The molecule has 2 aromatic rings. The van der Waals surface area contributed by atoms with Crippen molar-refractivity contribution in [1.29, 1.82) is 0 Å². The predicted molar refractivity (Wildman–Crippen MR) is 113 cm³/mol. The first-order valence-electron chi connectivity index (χ1n) is 8.95. The fourth-order valence-electron chi connectivity index (χ4n) is 3.42. The van der Waals surface area contributed by atoms with E-state index in [0.717, 1.165) is 18.2 Å². The second kappa shape index (κ2) is 9.77. The van der Waals surface area contributed by atoms with Crippen LogP contribution in [0.2, 0.25) is 0 Å². The van der Waals surface area contributed by atoms with Crippen LogP contribution in [0.3, 0.4) is 0 Å². The number of fused-ring (bicyclic) bond motifs is 1. The maximum atomic E-state index is 12.9. The average Bonchev–Trinajstić information content (AvgIpc) is 2.71. The minimum absolute atomic E-state index is 0. The fourth-order valence-corrected chi connectivity index (χ4v) is 3.65. The molecule has 0 aliphatic carbocycles. The Morgan fingerprint density at radius 3 is 2.38 bits per heavy atom. The minimum Gasteiger partial charge on any atom is -0.348 e. The summed E-state index contributed by atoms with van der Waals surface area (Å²) in [6.45, 7) is 3.60. The molecule has 1 aliphatic heterocycles. The predicted octanol–water partition coefficient (Wildman–Crippen LogP) is 3.91. The van der Waals surface area contributed by atoms with Crippen molar-refractivity contribution in [3.63, 3.8) is 0 Å². The lowest BCUT2D eigenvalue weighted by atomic mass is 9.92. The molecule has 1 heterocycles. The highest BCUT2D eigenvalue weighted by molar-refractivity contribution is 7.62. The number of hydrogen-bond acceptors (Lipinski definition) is 5. The average molecular weight is 467 g/mol. The largest absolute Gasteiger partial charge is 0.416 e. The van der Waals surface area contributed by atoms with Gasteiger partial charge in [-0.2, -0.15) is 21.6 Å². The van der Waals surface area contributed by atoms with Gasteiger partial charge in [-0.05, 0) is 54.5 Å². The number of amides is 2. The molecule has 1 unspecified atom stereocenters. The summed E-state index contributed by atoms with van der Waals surface area (Å²) in [7, 11) is -2.95. The van der Waals surface area contributed by atoms with Crippen LogP contribution in [0, 0.1) is 0 Å². The van der Waals surface area contributed by atoms with Crippen molar-refractivity contribution in [3.8, 4) is 0 Å². The first kappa shape index (κ1) is 24.8. The van der Waals surface area contributed by atoms with E-state index in [1.165, 1.54) is 24.3 Å². The zero-order chi connectivity index (χ0) is 22.8. The van der Waals surface area contributed by atoms with Crippen molar-refractivity contribution in [2.75, 3.05) is 11.4 Å². The van der Waals surface area contributed by atoms with E-state index < -0.39 is 40.1 Å². The molecule has 0 fully saturated rings. The second-order valence-corrected chi connectivity index (χ2v) is 7.30. The molecule has 1 aliphatic rings. The van der Waals surface area contributed by atoms with Crippen molar-refractivity contribution < 1.29 is 31.2 Å². The Bertz CT molecular complexity index is 1170. The molecule has 32 heavy (non-hydrogen) atoms. The third-order valence-electron chi connectivity index (χ3n) is 4.72. The normalized spacial score (nSPS) is 15.1. The van der Waals surface area contributed by atoms with Crippen molar-refractivity contribution in [2.45, 2.75) is 26.1 Å². The van der Waals surface area contributed by atoms with Gasteiger partial charge in [-0.3, -0.25) is 9.59 Å². The quantitative estimate of drug-likeness (QED) is 0.688. The van der Waals surface area contributed by atoms with Gasteiger partial charge in [0.15, 0.2) is 0 Å². The van der Waals surface area contributed by atoms with Gasteiger partial charge < -0.3 is 10.2 Å². The van der Waals surface area contributed by atoms with Gasteiger partial charge in [0.2, 0.25) is 5.91 Å². The van der Waals surface area contributed by atoms with Gasteiger partial charge >= 0.3 is 16.7 Å². The third kappa shape index (κ3) is 5.41. The molecule has 0 saturated heterocycles. The highest BCUT2D eigenvalue weighted by Crippen LogP contribution is 2.37. The molecule has 0 radical (unpaired) electrons. The molecular formula is C21H20F3N3O4S. The van der Waals surface area contributed by atoms with Crippen LogP contribution in [0.15, 0.2) is 59.5 Å². The number of nitrogens with zero attached hydrogens (tertiary/aromatic N) is 2. The number of alkyl halides is 3. The molecule has 1 atom stereocenters. The van der Waals surface area contributed by atoms with Gasteiger partial charge in [-0.1, -0.05) is 24.4 Å². The van der Waals surface area contributed by atoms with Crippen molar-refractivity contribution in [1.82, 2.24) is 5.32 Å². The number of halogens is 3. The first-order valence-corrected chi connectivity index (χ1v) is 9.98. The molecule has 2 amide bonds. The van der Waals surface area contributed by atoms with Gasteiger partial charge in [0.25, 0.3) is 5.91 Å². The van der Waals surface area contributed by atoms with Crippen molar-refractivity contribution >= 4 is 33.7 Å². The molecule has 0 bridgehead atoms. The summed E-state index contributed by atoms with van der Waals surface area (Å²) < 4.78 is 63.5. The number of nitrogens with one attached hydrogen (secondary N) is 1. The molecule has 0 aromatic heterocycles. The summed E-state index contributed by atoms with van der Waals surface area (Å²) in [5.41, 5.74) is 0.534. The number of rotatable bonds is 4. The summed E-state index contributed by atoms with van der Waals surface area (Å²) in [5, 5.41) is 2.71. The van der Waals surface area contributed by atoms with Crippen LogP contribution < -0.4 is 10.2 Å². The summed E-state index contributed by atoms with van der Waals surface area (Å²) in [5.74, 6) is -1.44. The van der Waals surface area contributed by atoms with E-state index >= 15 is 0 Å². The SMILES string of the molecule is C.C=CC(=O)NC1Cc2c(C(=O)N=S(=O)=O)cccc2N(c2ccc(C(F)(F)F)cc2)C1.